The maximum absolute atomic E-state index is 5.38. The first-order chi connectivity index (χ1) is 7.07. The van der Waals surface area contributed by atoms with Crippen LogP contribution in [0.4, 0.5) is 6.01 Å². The van der Waals surface area contributed by atoms with Gasteiger partial charge >= 0.3 is 6.01 Å². The van der Waals surface area contributed by atoms with E-state index in [1.807, 2.05) is 13.8 Å². The molecule has 0 aliphatic heterocycles. The van der Waals surface area contributed by atoms with Gasteiger partial charge < -0.3 is 20.2 Å². The van der Waals surface area contributed by atoms with Crippen LogP contribution in [-0.4, -0.2) is 36.0 Å². The van der Waals surface area contributed by atoms with E-state index >= 15 is 0 Å². The van der Waals surface area contributed by atoms with Crippen LogP contribution in [-0.2, 0) is 11.2 Å². The third-order valence-electron chi connectivity index (χ3n) is 1.78. The molecule has 1 heterocycles. The molecule has 0 unspecified atom stereocenters. The summed E-state index contributed by atoms with van der Waals surface area (Å²) in [6, 6.07) is 0.403. The smallest absolute Gasteiger partial charge is 0.315 e. The van der Waals surface area contributed by atoms with Gasteiger partial charge in [0.15, 0.2) is 0 Å². The molecule has 0 bridgehead atoms. The van der Waals surface area contributed by atoms with Crippen molar-refractivity contribution in [2.75, 3.05) is 25.6 Å². The topological polar surface area (TPSA) is 86.2 Å². The SMILES string of the molecule is COCC(C)(C)Nc1nnc(CCN)o1. The number of anilines is 1. The van der Waals surface area contributed by atoms with Crippen LogP contribution >= 0.6 is 0 Å². The second-order valence-electron chi connectivity index (χ2n) is 3.98. The van der Waals surface area contributed by atoms with Gasteiger partial charge in [0.05, 0.1) is 12.1 Å². The van der Waals surface area contributed by atoms with E-state index in [4.69, 9.17) is 14.9 Å². The maximum Gasteiger partial charge on any atom is 0.315 e. The molecule has 0 radical (unpaired) electrons. The summed E-state index contributed by atoms with van der Waals surface area (Å²) in [4.78, 5) is 0. The Morgan fingerprint density at radius 1 is 1.47 bits per heavy atom. The first-order valence-electron chi connectivity index (χ1n) is 4.87. The molecule has 6 nitrogen and oxygen atoms in total. The van der Waals surface area contributed by atoms with E-state index < -0.39 is 0 Å². The minimum atomic E-state index is -0.235. The first-order valence-corrected chi connectivity index (χ1v) is 4.87. The number of methoxy groups -OCH3 is 1. The number of nitrogens with two attached hydrogens (primary N) is 1. The Hall–Kier alpha value is -1.14. The predicted molar refractivity (Wildman–Crippen MR) is 56.6 cm³/mol. The Labute approximate surface area is 89.2 Å². The van der Waals surface area contributed by atoms with E-state index in [0.29, 0.717) is 31.5 Å². The Kier molecular flexibility index (Phi) is 4.05. The highest BCUT2D eigenvalue weighted by Crippen LogP contribution is 2.13. The average molecular weight is 214 g/mol. The van der Waals surface area contributed by atoms with E-state index in [1.54, 1.807) is 7.11 Å². The van der Waals surface area contributed by atoms with E-state index in [-0.39, 0.29) is 5.54 Å². The van der Waals surface area contributed by atoms with Crippen LogP contribution in [0, 0.1) is 0 Å². The van der Waals surface area contributed by atoms with Crippen LogP contribution in [0.1, 0.15) is 19.7 Å². The van der Waals surface area contributed by atoms with Gasteiger partial charge in [-0.15, -0.1) is 5.10 Å². The minimum Gasteiger partial charge on any atom is -0.408 e. The maximum atomic E-state index is 5.38. The summed E-state index contributed by atoms with van der Waals surface area (Å²) in [6.07, 6.45) is 0.597. The largest absolute Gasteiger partial charge is 0.408 e. The monoisotopic (exact) mass is 214 g/mol. The van der Waals surface area contributed by atoms with Crippen LogP contribution in [0.25, 0.3) is 0 Å². The number of aromatic nitrogens is 2. The molecule has 0 saturated heterocycles. The molecule has 0 fully saturated rings. The van der Waals surface area contributed by atoms with Gasteiger partial charge in [0.2, 0.25) is 5.89 Å². The first kappa shape index (κ1) is 11.9. The second-order valence-corrected chi connectivity index (χ2v) is 3.98. The molecule has 15 heavy (non-hydrogen) atoms. The van der Waals surface area contributed by atoms with Gasteiger partial charge in [-0.05, 0) is 13.8 Å². The molecule has 3 N–H and O–H groups in total. The Morgan fingerprint density at radius 2 is 2.20 bits per heavy atom. The van der Waals surface area contributed by atoms with Gasteiger partial charge in [0.25, 0.3) is 0 Å². The molecular weight excluding hydrogens is 196 g/mol. The van der Waals surface area contributed by atoms with Crippen molar-refractivity contribution < 1.29 is 9.15 Å². The van der Waals surface area contributed by atoms with Crippen molar-refractivity contribution in [3.63, 3.8) is 0 Å². The van der Waals surface area contributed by atoms with Crippen molar-refractivity contribution in [2.24, 2.45) is 5.73 Å². The number of hydrogen-bond acceptors (Lipinski definition) is 6. The predicted octanol–water partition coefficient (Wildman–Crippen LogP) is 0.408. The molecule has 0 aliphatic carbocycles. The standard InChI is InChI=1S/C9H18N4O2/c1-9(2,6-14-3)11-8-13-12-7(15-8)4-5-10/h4-6,10H2,1-3H3,(H,11,13). The zero-order valence-electron chi connectivity index (χ0n) is 9.41. The molecule has 0 spiro atoms. The van der Waals surface area contributed by atoms with Crippen molar-refractivity contribution in [3.8, 4) is 0 Å². The lowest BCUT2D eigenvalue weighted by molar-refractivity contribution is 0.156. The Morgan fingerprint density at radius 3 is 2.80 bits per heavy atom. The molecule has 6 heteroatoms. The molecule has 0 aliphatic rings. The lowest BCUT2D eigenvalue weighted by atomic mass is 10.1. The lowest BCUT2D eigenvalue weighted by Crippen LogP contribution is -2.36. The number of ether oxygens (including phenoxy) is 1. The number of hydrogen-bond donors (Lipinski definition) is 2. The molecule has 1 aromatic rings. The summed E-state index contributed by atoms with van der Waals surface area (Å²) < 4.78 is 10.4. The molecule has 0 saturated carbocycles. The van der Waals surface area contributed by atoms with Crippen LogP contribution in [0.2, 0.25) is 0 Å². The summed E-state index contributed by atoms with van der Waals surface area (Å²) in [6.45, 7) is 5.04. The van der Waals surface area contributed by atoms with Crippen molar-refractivity contribution in [1.82, 2.24) is 10.2 Å². The van der Waals surface area contributed by atoms with Gasteiger partial charge in [0, 0.05) is 20.1 Å². The molecule has 1 rings (SSSR count). The third-order valence-corrected chi connectivity index (χ3v) is 1.78. The van der Waals surface area contributed by atoms with E-state index in [1.165, 1.54) is 0 Å². The van der Waals surface area contributed by atoms with Crippen LogP contribution in [0.15, 0.2) is 4.42 Å². The number of nitrogens with zero attached hydrogens (tertiary/aromatic N) is 2. The highest BCUT2D eigenvalue weighted by Gasteiger charge is 2.20. The summed E-state index contributed by atoms with van der Waals surface area (Å²) >= 11 is 0. The zero-order valence-corrected chi connectivity index (χ0v) is 9.41. The summed E-state index contributed by atoms with van der Waals surface area (Å²) in [5, 5.41) is 10.8. The van der Waals surface area contributed by atoms with Crippen molar-refractivity contribution in [2.45, 2.75) is 25.8 Å². The van der Waals surface area contributed by atoms with Crippen molar-refractivity contribution in [1.29, 1.82) is 0 Å². The van der Waals surface area contributed by atoms with Gasteiger partial charge in [0.1, 0.15) is 0 Å². The van der Waals surface area contributed by atoms with E-state index in [0.717, 1.165) is 0 Å². The summed E-state index contributed by atoms with van der Waals surface area (Å²) in [7, 11) is 1.65. The van der Waals surface area contributed by atoms with Gasteiger partial charge in [-0.25, -0.2) is 0 Å². The fourth-order valence-electron chi connectivity index (χ4n) is 1.22. The Bertz CT molecular complexity index is 298. The van der Waals surface area contributed by atoms with Crippen molar-refractivity contribution >= 4 is 6.01 Å². The minimum absolute atomic E-state index is 0.235. The highest BCUT2D eigenvalue weighted by molar-refractivity contribution is 5.22. The van der Waals surface area contributed by atoms with Crippen LogP contribution < -0.4 is 11.1 Å². The van der Waals surface area contributed by atoms with Gasteiger partial charge in [-0.3, -0.25) is 0 Å². The lowest BCUT2D eigenvalue weighted by Gasteiger charge is -2.23. The highest BCUT2D eigenvalue weighted by atomic mass is 16.5. The zero-order chi connectivity index (χ0) is 11.3. The fourth-order valence-corrected chi connectivity index (χ4v) is 1.22. The van der Waals surface area contributed by atoms with Crippen LogP contribution in [0.3, 0.4) is 0 Å². The van der Waals surface area contributed by atoms with Crippen LogP contribution in [0.5, 0.6) is 0 Å². The number of nitrogens with one attached hydrogen (secondary N) is 1. The molecule has 86 valence electrons. The average Bonchev–Trinajstić information content (AvgIpc) is 2.52. The molecule has 0 atom stereocenters. The second kappa shape index (κ2) is 5.09. The third kappa shape index (κ3) is 3.85. The molecular formula is C9H18N4O2. The van der Waals surface area contributed by atoms with Gasteiger partial charge in [-0.1, -0.05) is 5.10 Å². The number of rotatable bonds is 6. The van der Waals surface area contributed by atoms with Crippen molar-refractivity contribution in [3.05, 3.63) is 5.89 Å². The van der Waals surface area contributed by atoms with E-state index in [9.17, 15) is 0 Å². The summed E-state index contributed by atoms with van der Waals surface area (Å²) in [5.74, 6) is 0.549. The quantitative estimate of drug-likeness (QED) is 0.713. The fraction of sp³-hybridized carbons (Fsp3) is 0.778. The van der Waals surface area contributed by atoms with E-state index in [2.05, 4.69) is 15.5 Å². The summed E-state index contributed by atoms with van der Waals surface area (Å²) in [5.41, 5.74) is 5.14. The Balaban J connectivity index is 2.56. The normalized spacial score (nSPS) is 11.7. The molecule has 0 amide bonds. The van der Waals surface area contributed by atoms with Gasteiger partial charge in [-0.2, -0.15) is 0 Å². The molecule has 1 aromatic heterocycles. The molecule has 0 aromatic carbocycles.